The van der Waals surface area contributed by atoms with Crippen molar-refractivity contribution in [2.24, 2.45) is 11.8 Å². The van der Waals surface area contributed by atoms with Gasteiger partial charge in [0.25, 0.3) is 0 Å². The van der Waals surface area contributed by atoms with Crippen LogP contribution in [0.5, 0.6) is 0 Å². The molecule has 7 nitrogen and oxygen atoms in total. The summed E-state index contributed by atoms with van der Waals surface area (Å²) in [6, 6.07) is 4.37. The molecule has 3 atom stereocenters. The van der Waals surface area contributed by atoms with Crippen molar-refractivity contribution in [2.75, 3.05) is 18.4 Å². The van der Waals surface area contributed by atoms with Gasteiger partial charge >= 0.3 is 6.03 Å². The van der Waals surface area contributed by atoms with E-state index >= 15 is 0 Å². The molecule has 7 heteroatoms. The van der Waals surface area contributed by atoms with Crippen molar-refractivity contribution >= 4 is 22.8 Å². The van der Waals surface area contributed by atoms with Gasteiger partial charge in [-0.25, -0.2) is 9.78 Å². The number of rotatable bonds is 5. The number of hydrogen-bond acceptors (Lipinski definition) is 4. The summed E-state index contributed by atoms with van der Waals surface area (Å²) >= 11 is 0. The Hall–Kier alpha value is -2.75. The summed E-state index contributed by atoms with van der Waals surface area (Å²) in [5, 5.41) is 17.0. The van der Waals surface area contributed by atoms with Crippen LogP contribution in [-0.4, -0.2) is 46.1 Å². The maximum atomic E-state index is 12.6. The fourth-order valence-electron chi connectivity index (χ4n) is 3.50. The third-order valence-electron chi connectivity index (χ3n) is 5.64. The van der Waals surface area contributed by atoms with Crippen LogP contribution in [0.15, 0.2) is 18.5 Å². The average Bonchev–Trinajstić information content (AvgIpc) is 3.28. The number of carbonyl (C=O) groups is 1. The second kappa shape index (κ2) is 7.87. The molecule has 0 aliphatic carbocycles. The summed E-state index contributed by atoms with van der Waals surface area (Å²) < 4.78 is 0. The number of urea groups is 1. The zero-order chi connectivity index (χ0) is 19.6. The van der Waals surface area contributed by atoms with Crippen LogP contribution < -0.4 is 10.6 Å². The normalized spacial score (nSPS) is 20.7. The lowest BCUT2D eigenvalue weighted by atomic mass is 10.00. The van der Waals surface area contributed by atoms with Gasteiger partial charge in [0, 0.05) is 43.0 Å². The summed E-state index contributed by atoms with van der Waals surface area (Å²) in [5.41, 5.74) is 2.07. The number of nitrogens with one attached hydrogen (secondary N) is 3. The van der Waals surface area contributed by atoms with Crippen LogP contribution in [0, 0.1) is 23.2 Å². The van der Waals surface area contributed by atoms with Crippen molar-refractivity contribution in [2.45, 2.75) is 46.2 Å². The van der Waals surface area contributed by atoms with Crippen molar-refractivity contribution in [3.63, 3.8) is 0 Å². The molecule has 0 radical (unpaired) electrons. The van der Waals surface area contributed by atoms with E-state index in [9.17, 15) is 10.1 Å². The smallest absolute Gasteiger partial charge is 0.317 e. The Balaban J connectivity index is 1.78. The third kappa shape index (κ3) is 3.85. The quantitative estimate of drug-likeness (QED) is 0.754. The lowest BCUT2D eigenvalue weighted by Gasteiger charge is -2.23. The van der Waals surface area contributed by atoms with Crippen molar-refractivity contribution in [3.8, 4) is 6.07 Å². The first-order valence-electron chi connectivity index (χ1n) is 9.62. The van der Waals surface area contributed by atoms with E-state index < -0.39 is 0 Å². The van der Waals surface area contributed by atoms with E-state index in [2.05, 4.69) is 47.4 Å². The third-order valence-corrected chi connectivity index (χ3v) is 5.64. The van der Waals surface area contributed by atoms with Crippen molar-refractivity contribution in [3.05, 3.63) is 24.0 Å². The molecule has 1 aliphatic rings. The number of nitrogens with zero attached hydrogens (tertiary/aromatic N) is 3. The fraction of sp³-hybridized carbons (Fsp3) is 0.550. The molecule has 144 valence electrons. The molecular weight excluding hydrogens is 340 g/mol. The van der Waals surface area contributed by atoms with Gasteiger partial charge in [0.1, 0.15) is 11.7 Å². The molecule has 3 heterocycles. The Morgan fingerprint density at radius 3 is 2.89 bits per heavy atom. The number of H-pyrrole nitrogens is 1. The molecule has 1 fully saturated rings. The number of fused-ring (bicyclic) bond motifs is 1. The zero-order valence-electron chi connectivity index (χ0n) is 16.4. The molecule has 3 N–H and O–H groups in total. The van der Waals surface area contributed by atoms with Gasteiger partial charge in [-0.15, -0.1) is 0 Å². The molecule has 3 unspecified atom stereocenters. The van der Waals surface area contributed by atoms with Gasteiger partial charge in [-0.3, -0.25) is 0 Å². The largest absolute Gasteiger partial charge is 0.378 e. The minimum Gasteiger partial charge on any atom is -0.378 e. The van der Waals surface area contributed by atoms with Crippen LogP contribution in [-0.2, 0) is 0 Å². The second-order valence-corrected chi connectivity index (χ2v) is 7.70. The number of amides is 2. The summed E-state index contributed by atoms with van der Waals surface area (Å²) in [6.45, 7) is 9.71. The van der Waals surface area contributed by atoms with Crippen LogP contribution >= 0.6 is 0 Å². The van der Waals surface area contributed by atoms with Crippen LogP contribution in [0.3, 0.4) is 0 Å². The van der Waals surface area contributed by atoms with Crippen LogP contribution in [0.2, 0.25) is 0 Å². The van der Waals surface area contributed by atoms with E-state index in [0.29, 0.717) is 30.5 Å². The van der Waals surface area contributed by atoms with E-state index in [1.807, 2.05) is 24.1 Å². The molecule has 27 heavy (non-hydrogen) atoms. The minimum atomic E-state index is -0.0130. The molecule has 0 spiro atoms. The Labute approximate surface area is 160 Å². The van der Waals surface area contributed by atoms with E-state index in [1.165, 1.54) is 0 Å². The molecule has 1 aliphatic heterocycles. The highest BCUT2D eigenvalue weighted by Gasteiger charge is 2.35. The first-order valence-corrected chi connectivity index (χ1v) is 9.62. The molecular formula is C20H28N6O. The lowest BCUT2D eigenvalue weighted by Crippen LogP contribution is -2.45. The molecule has 2 aromatic rings. The highest BCUT2D eigenvalue weighted by Crippen LogP contribution is 2.30. The fourth-order valence-corrected chi connectivity index (χ4v) is 3.50. The maximum absolute atomic E-state index is 12.6. The van der Waals surface area contributed by atoms with Gasteiger partial charge in [0.05, 0.1) is 11.3 Å². The number of likely N-dealkylation sites (tertiary alicyclic amines) is 1. The van der Waals surface area contributed by atoms with Gasteiger partial charge in [0.15, 0.2) is 0 Å². The number of anilines is 1. The first-order chi connectivity index (χ1) is 12.9. The molecule has 0 aromatic carbocycles. The number of carbonyl (C=O) groups excluding carboxylic acids is 1. The average molecular weight is 368 g/mol. The Morgan fingerprint density at radius 2 is 2.22 bits per heavy atom. The van der Waals surface area contributed by atoms with E-state index in [4.69, 9.17) is 0 Å². The van der Waals surface area contributed by atoms with Gasteiger partial charge < -0.3 is 20.5 Å². The topological polar surface area (TPSA) is 96.8 Å². The number of pyridine rings is 1. The van der Waals surface area contributed by atoms with Gasteiger partial charge in [-0.1, -0.05) is 20.8 Å². The molecule has 0 saturated carbocycles. The van der Waals surface area contributed by atoms with Crippen molar-refractivity contribution in [1.29, 1.82) is 5.26 Å². The first kappa shape index (κ1) is 19.0. The van der Waals surface area contributed by atoms with E-state index in [0.717, 1.165) is 23.1 Å². The number of aromatic amines is 1. The minimum absolute atomic E-state index is 0.0130. The zero-order valence-corrected chi connectivity index (χ0v) is 16.4. The second-order valence-electron chi connectivity index (χ2n) is 7.70. The summed E-state index contributed by atoms with van der Waals surface area (Å²) in [7, 11) is 0. The lowest BCUT2D eigenvalue weighted by molar-refractivity contribution is 0.200. The van der Waals surface area contributed by atoms with Crippen LogP contribution in [0.25, 0.3) is 11.0 Å². The van der Waals surface area contributed by atoms with Gasteiger partial charge in [0.2, 0.25) is 0 Å². The molecule has 3 rings (SSSR count). The SMILES string of the molecule is CCC1CN(C(=O)NC(C)C(C)C)CC1Nc1c(C#N)cnc2[nH]ccc12. The molecule has 2 amide bonds. The maximum Gasteiger partial charge on any atom is 0.317 e. The molecule has 0 bridgehead atoms. The summed E-state index contributed by atoms with van der Waals surface area (Å²) in [6.07, 6.45) is 4.37. The standard InChI is InChI=1S/C20H28N6O/c1-5-14-10-26(20(27)24-13(4)12(2)3)11-17(14)25-18-15(8-21)9-23-19-16(18)6-7-22-19/h6-7,9,12-14,17H,5,10-11H2,1-4H3,(H,24,27)(H2,22,23,25). The summed E-state index contributed by atoms with van der Waals surface area (Å²) in [5.74, 6) is 0.725. The molecule has 2 aromatic heterocycles. The van der Waals surface area contributed by atoms with Crippen molar-refractivity contribution in [1.82, 2.24) is 20.2 Å². The Morgan fingerprint density at radius 1 is 1.44 bits per heavy atom. The number of hydrogen-bond donors (Lipinski definition) is 3. The van der Waals surface area contributed by atoms with Crippen LogP contribution in [0.4, 0.5) is 10.5 Å². The number of aromatic nitrogens is 2. The predicted octanol–water partition coefficient (Wildman–Crippen LogP) is 3.31. The van der Waals surface area contributed by atoms with Crippen LogP contribution in [0.1, 0.15) is 39.7 Å². The van der Waals surface area contributed by atoms with E-state index in [1.54, 1.807) is 6.20 Å². The monoisotopic (exact) mass is 368 g/mol. The van der Waals surface area contributed by atoms with E-state index in [-0.39, 0.29) is 18.1 Å². The van der Waals surface area contributed by atoms with Gasteiger partial charge in [-0.05, 0) is 31.2 Å². The predicted molar refractivity (Wildman–Crippen MR) is 106 cm³/mol. The Kier molecular flexibility index (Phi) is 5.54. The van der Waals surface area contributed by atoms with Gasteiger partial charge in [-0.2, -0.15) is 5.26 Å². The molecule has 1 saturated heterocycles. The highest BCUT2D eigenvalue weighted by molar-refractivity contribution is 5.92. The van der Waals surface area contributed by atoms with Crippen molar-refractivity contribution < 1.29 is 4.79 Å². The highest BCUT2D eigenvalue weighted by atomic mass is 16.2. The number of nitriles is 1. The summed E-state index contributed by atoms with van der Waals surface area (Å²) in [4.78, 5) is 21.9. The Bertz CT molecular complexity index is 852.